The molecule has 6 heterocycles. The maximum atomic E-state index is 17.0. The van der Waals surface area contributed by atoms with E-state index in [0.717, 1.165) is 43.8 Å². The third-order valence-electron chi connectivity index (χ3n) is 10.4. The van der Waals surface area contributed by atoms with E-state index in [1.54, 1.807) is 6.92 Å². The number of morpholine rings is 1. The standard InChI is InChI=1S/C35H39F2N7O5S/c1-3-24(45)40-19-16-44(10-13-48-17-19)30-21-15-39-27(20-4-5-22(36)31-29(20)42-33(38)50-31)26(37)28(21)41-32-25(30)34(2,46)14-23(49-32)35(6-7-35)18-43-8-11-47-12-9-43/h3-5,15,19,23,46H,1,6-14,16-18H2,2H3,(H2,38,42)(H,40,45)/t19-,23-,34-/m1/s1. The molecule has 0 bridgehead atoms. The van der Waals surface area contributed by atoms with Crippen LogP contribution in [0.1, 0.15) is 31.7 Å². The van der Waals surface area contributed by atoms with Crippen molar-refractivity contribution >= 4 is 49.2 Å². The van der Waals surface area contributed by atoms with Gasteiger partial charge in [0.2, 0.25) is 11.8 Å². The van der Waals surface area contributed by atoms with Crippen LogP contribution in [-0.4, -0.2) is 102 Å². The summed E-state index contributed by atoms with van der Waals surface area (Å²) in [6.07, 6.45) is 4.55. The van der Waals surface area contributed by atoms with Gasteiger partial charge in [-0.25, -0.2) is 18.7 Å². The van der Waals surface area contributed by atoms with E-state index in [9.17, 15) is 14.3 Å². The Labute approximate surface area is 291 Å². The van der Waals surface area contributed by atoms with Crippen molar-refractivity contribution in [2.75, 3.05) is 69.8 Å². The van der Waals surface area contributed by atoms with Gasteiger partial charge in [-0.1, -0.05) is 17.9 Å². The molecule has 4 aromatic rings. The van der Waals surface area contributed by atoms with Gasteiger partial charge in [0.1, 0.15) is 23.1 Å². The molecule has 0 radical (unpaired) electrons. The van der Waals surface area contributed by atoms with Gasteiger partial charge in [-0.3, -0.25) is 14.7 Å². The number of carbonyl (C=O) groups is 1. The molecule has 2 saturated heterocycles. The summed E-state index contributed by atoms with van der Waals surface area (Å²) in [5.41, 5.74) is 5.69. The van der Waals surface area contributed by atoms with E-state index in [1.165, 1.54) is 24.4 Å². The highest BCUT2D eigenvalue weighted by Gasteiger charge is 2.56. The first-order chi connectivity index (χ1) is 24.1. The van der Waals surface area contributed by atoms with E-state index in [4.69, 9.17) is 24.9 Å². The Kier molecular flexibility index (Phi) is 8.38. The monoisotopic (exact) mass is 707 g/mol. The largest absolute Gasteiger partial charge is 0.473 e. The Balaban J connectivity index is 1.28. The Bertz CT molecular complexity index is 2000. The number of hydrogen-bond acceptors (Lipinski definition) is 12. The number of aromatic nitrogens is 3. The number of hydrogen-bond donors (Lipinski definition) is 3. The molecule has 8 rings (SSSR count). The van der Waals surface area contributed by atoms with Gasteiger partial charge in [0.05, 0.1) is 59.5 Å². The zero-order chi connectivity index (χ0) is 34.8. The lowest BCUT2D eigenvalue weighted by molar-refractivity contribution is -0.117. The van der Waals surface area contributed by atoms with E-state index >= 15 is 4.39 Å². The molecule has 0 unspecified atom stereocenters. The number of fused-ring (bicyclic) bond motifs is 3. The zero-order valence-electron chi connectivity index (χ0n) is 27.7. The molecule has 4 aliphatic rings. The van der Waals surface area contributed by atoms with Crippen LogP contribution in [0.25, 0.3) is 32.4 Å². The average Bonchev–Trinajstić information content (AvgIpc) is 3.82. The van der Waals surface area contributed by atoms with Crippen molar-refractivity contribution in [2.45, 2.75) is 43.9 Å². The van der Waals surface area contributed by atoms with Crippen molar-refractivity contribution in [3.8, 4) is 17.1 Å². The summed E-state index contributed by atoms with van der Waals surface area (Å²) in [7, 11) is 0. The number of ether oxygens (including phenoxy) is 3. The number of rotatable bonds is 7. The number of halogens is 2. The molecular weight excluding hydrogens is 668 g/mol. The Morgan fingerprint density at radius 3 is 2.72 bits per heavy atom. The fourth-order valence-electron chi connectivity index (χ4n) is 7.71. The lowest BCUT2D eigenvalue weighted by Crippen LogP contribution is -2.49. The molecule has 264 valence electrons. The zero-order valence-corrected chi connectivity index (χ0v) is 28.5. The van der Waals surface area contributed by atoms with Gasteiger partial charge in [-0.15, -0.1) is 0 Å². The van der Waals surface area contributed by atoms with Crippen LogP contribution in [0.4, 0.5) is 19.6 Å². The van der Waals surface area contributed by atoms with Gasteiger partial charge in [-0.05, 0) is 38.0 Å². The number of pyridine rings is 2. The minimum Gasteiger partial charge on any atom is -0.473 e. The summed E-state index contributed by atoms with van der Waals surface area (Å²) in [5.74, 6) is -1.45. The maximum absolute atomic E-state index is 17.0. The van der Waals surface area contributed by atoms with Crippen LogP contribution < -0.4 is 20.7 Å². The quantitative estimate of drug-likeness (QED) is 0.241. The molecule has 3 fully saturated rings. The second-order valence-corrected chi connectivity index (χ2v) is 14.9. The van der Waals surface area contributed by atoms with Gasteiger partial charge >= 0.3 is 0 Å². The number of nitrogens with one attached hydrogen (secondary N) is 1. The minimum absolute atomic E-state index is 0.0178. The van der Waals surface area contributed by atoms with E-state index in [1.807, 2.05) is 4.90 Å². The highest BCUT2D eigenvalue weighted by atomic mass is 32.1. The third-order valence-corrected chi connectivity index (χ3v) is 11.3. The molecule has 50 heavy (non-hydrogen) atoms. The number of carbonyl (C=O) groups excluding carboxylic acids is 1. The highest BCUT2D eigenvalue weighted by molar-refractivity contribution is 7.22. The molecule has 3 aromatic heterocycles. The van der Waals surface area contributed by atoms with Gasteiger partial charge in [-0.2, -0.15) is 0 Å². The molecule has 12 nitrogen and oxygen atoms in total. The molecule has 1 aliphatic carbocycles. The number of aliphatic hydroxyl groups is 1. The number of amides is 1. The van der Waals surface area contributed by atoms with Gasteiger partial charge < -0.3 is 35.3 Å². The van der Waals surface area contributed by atoms with E-state index < -0.39 is 23.3 Å². The lowest BCUT2D eigenvalue weighted by atomic mass is 9.80. The summed E-state index contributed by atoms with van der Waals surface area (Å²) in [4.78, 5) is 30.3. The van der Waals surface area contributed by atoms with Crippen molar-refractivity contribution in [3.05, 3.63) is 48.2 Å². The number of thiazole rings is 1. The summed E-state index contributed by atoms with van der Waals surface area (Å²) in [6, 6.07) is 2.26. The number of nitrogens with zero attached hydrogens (tertiary/aromatic N) is 5. The van der Waals surface area contributed by atoms with Crippen LogP contribution in [-0.2, 0) is 19.9 Å². The number of anilines is 2. The van der Waals surface area contributed by atoms with E-state index in [-0.39, 0.29) is 62.0 Å². The smallest absolute Gasteiger partial charge is 0.243 e. The summed E-state index contributed by atoms with van der Waals surface area (Å²) in [6.45, 7) is 10.4. The van der Waals surface area contributed by atoms with Crippen molar-refractivity contribution < 1.29 is 32.9 Å². The SMILES string of the molecule is C=CC(=O)N[C@H]1COCCN(c2c3c(nc4c(F)c(-c5ccc(F)c6sc(N)nc56)ncc24)O[C@@H](C2(CN4CCOCC4)CC2)C[C@@]3(C)O)C1. The Morgan fingerprint density at radius 1 is 1.18 bits per heavy atom. The topological polar surface area (TPSA) is 148 Å². The maximum Gasteiger partial charge on any atom is 0.243 e. The average molecular weight is 708 g/mol. The molecule has 0 spiro atoms. The van der Waals surface area contributed by atoms with Crippen LogP contribution in [0.3, 0.4) is 0 Å². The van der Waals surface area contributed by atoms with Gasteiger partial charge in [0.15, 0.2) is 10.9 Å². The summed E-state index contributed by atoms with van der Waals surface area (Å²) < 4.78 is 50.1. The van der Waals surface area contributed by atoms with Crippen molar-refractivity contribution in [3.63, 3.8) is 0 Å². The number of benzene rings is 1. The highest BCUT2D eigenvalue weighted by Crippen LogP contribution is 2.57. The minimum atomic E-state index is -1.40. The van der Waals surface area contributed by atoms with Gasteiger partial charge in [0, 0.05) is 61.7 Å². The molecule has 1 amide bonds. The number of nitrogen functional groups attached to an aromatic ring is 1. The van der Waals surface area contributed by atoms with Gasteiger partial charge in [0.25, 0.3) is 0 Å². The third kappa shape index (κ3) is 5.84. The molecule has 15 heteroatoms. The molecule has 3 atom stereocenters. The summed E-state index contributed by atoms with van der Waals surface area (Å²) in [5, 5.41) is 15.8. The molecule has 4 N–H and O–H groups in total. The first-order valence-electron chi connectivity index (χ1n) is 16.9. The van der Waals surface area contributed by atoms with Crippen molar-refractivity contribution in [1.29, 1.82) is 0 Å². The second kappa shape index (κ2) is 12.6. The molecule has 1 aromatic carbocycles. The fourth-order valence-corrected chi connectivity index (χ4v) is 8.48. The fraction of sp³-hybridized carbons (Fsp3) is 0.486. The molecular formula is C35H39F2N7O5S. The molecule has 1 saturated carbocycles. The first kappa shape index (κ1) is 33.1. The normalized spacial score (nSPS) is 25.2. The summed E-state index contributed by atoms with van der Waals surface area (Å²) >= 11 is 0.978. The van der Waals surface area contributed by atoms with Crippen LogP contribution in [0.2, 0.25) is 0 Å². The Hall–Kier alpha value is -4.02. The van der Waals surface area contributed by atoms with Crippen molar-refractivity contribution in [1.82, 2.24) is 25.2 Å². The second-order valence-electron chi connectivity index (χ2n) is 13.9. The predicted molar refractivity (Wildman–Crippen MR) is 185 cm³/mol. The number of nitrogens with two attached hydrogens (primary N) is 1. The van der Waals surface area contributed by atoms with Crippen molar-refractivity contribution in [2.24, 2.45) is 5.41 Å². The van der Waals surface area contributed by atoms with Crippen LogP contribution in [0.5, 0.6) is 5.88 Å². The van der Waals surface area contributed by atoms with Crippen LogP contribution >= 0.6 is 11.3 Å². The van der Waals surface area contributed by atoms with Crippen LogP contribution in [0, 0.1) is 17.0 Å². The predicted octanol–water partition coefficient (Wildman–Crippen LogP) is 3.75. The lowest BCUT2D eigenvalue weighted by Gasteiger charge is -2.43. The van der Waals surface area contributed by atoms with E-state index in [2.05, 4.69) is 26.8 Å². The Morgan fingerprint density at radius 2 is 1.96 bits per heavy atom. The van der Waals surface area contributed by atoms with E-state index in [0.29, 0.717) is 56.0 Å². The molecule has 3 aliphatic heterocycles. The first-order valence-corrected chi connectivity index (χ1v) is 17.7. The van der Waals surface area contributed by atoms with Crippen LogP contribution in [0.15, 0.2) is 31.0 Å².